The van der Waals surface area contributed by atoms with Crippen LogP contribution in [0.25, 0.3) is 0 Å². The lowest BCUT2D eigenvalue weighted by Crippen LogP contribution is -2.47. The quantitative estimate of drug-likeness (QED) is 0.494. The summed E-state index contributed by atoms with van der Waals surface area (Å²) in [6, 6.07) is 20.8. The molecule has 2 aliphatic heterocycles. The van der Waals surface area contributed by atoms with E-state index < -0.39 is 0 Å². The van der Waals surface area contributed by atoms with Crippen molar-refractivity contribution in [2.24, 2.45) is 17.8 Å². The van der Waals surface area contributed by atoms with Gasteiger partial charge in [-0.2, -0.15) is 0 Å². The SMILES string of the molecule is CC1C=CC=CC1C1CCN(CCC2(c3ccccc3)CCN(C(=O)c3ccccc3)CC2)CC1. The fraction of sp³-hybridized carbons (Fsp3) is 0.469. The molecule has 184 valence electrons. The number of rotatable bonds is 6. The van der Waals surface area contributed by atoms with Crippen LogP contribution in [0.5, 0.6) is 0 Å². The molecule has 2 unspecified atom stereocenters. The number of amides is 1. The van der Waals surface area contributed by atoms with E-state index in [2.05, 4.69) is 71.4 Å². The van der Waals surface area contributed by atoms with E-state index in [1.54, 1.807) is 0 Å². The van der Waals surface area contributed by atoms with Gasteiger partial charge in [-0.3, -0.25) is 4.79 Å². The van der Waals surface area contributed by atoms with Gasteiger partial charge in [-0.15, -0.1) is 0 Å². The molecule has 0 N–H and O–H groups in total. The van der Waals surface area contributed by atoms with E-state index in [9.17, 15) is 4.79 Å². The molecule has 3 heteroatoms. The molecule has 5 rings (SSSR count). The highest BCUT2D eigenvalue weighted by Crippen LogP contribution is 2.40. The fourth-order valence-corrected chi connectivity index (χ4v) is 6.63. The molecular formula is C32H40N2O. The molecule has 2 aromatic rings. The summed E-state index contributed by atoms with van der Waals surface area (Å²) in [7, 11) is 0. The molecule has 3 aliphatic rings. The molecule has 0 radical (unpaired) electrons. The van der Waals surface area contributed by atoms with Crippen molar-refractivity contribution in [3.05, 3.63) is 96.1 Å². The molecule has 1 amide bonds. The molecular weight excluding hydrogens is 428 g/mol. The van der Waals surface area contributed by atoms with E-state index in [4.69, 9.17) is 0 Å². The van der Waals surface area contributed by atoms with E-state index in [1.807, 2.05) is 30.3 Å². The first kappa shape index (κ1) is 24.1. The van der Waals surface area contributed by atoms with Gasteiger partial charge in [-0.05, 0) is 92.6 Å². The smallest absolute Gasteiger partial charge is 0.253 e. The van der Waals surface area contributed by atoms with Crippen molar-refractivity contribution in [2.45, 2.75) is 44.4 Å². The molecule has 0 spiro atoms. The van der Waals surface area contributed by atoms with Crippen molar-refractivity contribution in [2.75, 3.05) is 32.7 Å². The van der Waals surface area contributed by atoms with E-state index in [0.717, 1.165) is 44.0 Å². The molecule has 2 atom stereocenters. The monoisotopic (exact) mass is 468 g/mol. The molecule has 2 aromatic carbocycles. The van der Waals surface area contributed by atoms with Gasteiger partial charge in [0.2, 0.25) is 0 Å². The highest BCUT2D eigenvalue weighted by atomic mass is 16.2. The van der Waals surface area contributed by atoms with Crippen molar-refractivity contribution < 1.29 is 4.79 Å². The van der Waals surface area contributed by atoms with Gasteiger partial charge in [0.15, 0.2) is 0 Å². The molecule has 35 heavy (non-hydrogen) atoms. The van der Waals surface area contributed by atoms with Gasteiger partial charge in [0.05, 0.1) is 0 Å². The normalized spacial score (nSPS) is 25.0. The van der Waals surface area contributed by atoms with Gasteiger partial charge < -0.3 is 9.80 Å². The van der Waals surface area contributed by atoms with Crippen LogP contribution in [0.2, 0.25) is 0 Å². The fourth-order valence-electron chi connectivity index (χ4n) is 6.63. The molecule has 2 saturated heterocycles. The predicted octanol–water partition coefficient (Wildman–Crippen LogP) is 6.34. The van der Waals surface area contributed by atoms with Gasteiger partial charge in [0, 0.05) is 18.7 Å². The van der Waals surface area contributed by atoms with Gasteiger partial charge in [-0.25, -0.2) is 0 Å². The maximum absolute atomic E-state index is 13.0. The Hall–Kier alpha value is -2.65. The summed E-state index contributed by atoms with van der Waals surface area (Å²) in [5.41, 5.74) is 2.42. The van der Waals surface area contributed by atoms with Crippen LogP contribution in [-0.4, -0.2) is 48.4 Å². The number of benzene rings is 2. The summed E-state index contributed by atoms with van der Waals surface area (Å²) < 4.78 is 0. The van der Waals surface area contributed by atoms with Crippen LogP contribution in [0.1, 0.15) is 54.9 Å². The minimum atomic E-state index is 0.164. The average molecular weight is 469 g/mol. The topological polar surface area (TPSA) is 23.6 Å². The van der Waals surface area contributed by atoms with Crippen molar-refractivity contribution >= 4 is 5.91 Å². The lowest BCUT2D eigenvalue weighted by molar-refractivity contribution is 0.0639. The number of piperidine rings is 2. The van der Waals surface area contributed by atoms with Gasteiger partial charge >= 0.3 is 0 Å². The van der Waals surface area contributed by atoms with Crippen LogP contribution in [0, 0.1) is 17.8 Å². The molecule has 0 aromatic heterocycles. The molecule has 1 aliphatic carbocycles. The van der Waals surface area contributed by atoms with Crippen LogP contribution in [0.3, 0.4) is 0 Å². The Morgan fingerprint density at radius 1 is 0.857 bits per heavy atom. The summed E-state index contributed by atoms with van der Waals surface area (Å²) in [5, 5.41) is 0. The lowest BCUT2D eigenvalue weighted by atomic mass is 9.70. The highest BCUT2D eigenvalue weighted by molar-refractivity contribution is 5.94. The van der Waals surface area contributed by atoms with E-state index in [0.29, 0.717) is 11.8 Å². The van der Waals surface area contributed by atoms with Crippen molar-refractivity contribution in [1.82, 2.24) is 9.80 Å². The van der Waals surface area contributed by atoms with E-state index >= 15 is 0 Å². The maximum atomic E-state index is 13.0. The minimum Gasteiger partial charge on any atom is -0.339 e. The third-order valence-electron chi connectivity index (χ3n) is 8.96. The largest absolute Gasteiger partial charge is 0.339 e. The number of carbonyl (C=O) groups is 1. The minimum absolute atomic E-state index is 0.164. The predicted molar refractivity (Wildman–Crippen MR) is 144 cm³/mol. The van der Waals surface area contributed by atoms with Gasteiger partial charge in [0.25, 0.3) is 5.91 Å². The Bertz CT molecular complexity index is 1010. The number of carbonyl (C=O) groups excluding carboxylic acids is 1. The molecule has 0 saturated carbocycles. The number of hydrogen-bond acceptors (Lipinski definition) is 2. The van der Waals surface area contributed by atoms with Crippen LogP contribution >= 0.6 is 0 Å². The number of likely N-dealkylation sites (tertiary alicyclic amines) is 2. The lowest BCUT2D eigenvalue weighted by Gasteiger charge is -2.44. The van der Waals surface area contributed by atoms with Gasteiger partial charge in [0.1, 0.15) is 0 Å². The van der Waals surface area contributed by atoms with Crippen LogP contribution in [-0.2, 0) is 5.41 Å². The Labute approximate surface area is 211 Å². The Morgan fingerprint density at radius 2 is 1.49 bits per heavy atom. The van der Waals surface area contributed by atoms with E-state index in [-0.39, 0.29) is 11.3 Å². The van der Waals surface area contributed by atoms with Crippen molar-refractivity contribution in [1.29, 1.82) is 0 Å². The summed E-state index contributed by atoms with van der Waals surface area (Å²) in [5.74, 6) is 2.37. The number of allylic oxidation sites excluding steroid dienone is 4. The Kier molecular flexibility index (Phi) is 7.53. The maximum Gasteiger partial charge on any atom is 0.253 e. The van der Waals surface area contributed by atoms with Crippen LogP contribution in [0.15, 0.2) is 85.0 Å². The first-order valence-electron chi connectivity index (χ1n) is 13.6. The van der Waals surface area contributed by atoms with Crippen molar-refractivity contribution in [3.8, 4) is 0 Å². The molecule has 2 fully saturated rings. The molecule has 0 bridgehead atoms. The highest BCUT2D eigenvalue weighted by Gasteiger charge is 2.38. The Morgan fingerprint density at radius 3 is 2.14 bits per heavy atom. The van der Waals surface area contributed by atoms with Crippen LogP contribution < -0.4 is 0 Å². The Balaban J connectivity index is 1.20. The molecule has 2 heterocycles. The first-order valence-corrected chi connectivity index (χ1v) is 13.6. The zero-order valence-corrected chi connectivity index (χ0v) is 21.2. The zero-order chi connectivity index (χ0) is 24.1. The second-order valence-corrected chi connectivity index (χ2v) is 10.9. The molecule has 3 nitrogen and oxygen atoms in total. The number of hydrogen-bond donors (Lipinski definition) is 0. The average Bonchev–Trinajstić information content (AvgIpc) is 2.93. The van der Waals surface area contributed by atoms with E-state index in [1.165, 1.54) is 37.9 Å². The summed E-state index contributed by atoms with van der Waals surface area (Å²) >= 11 is 0. The second kappa shape index (κ2) is 11.0. The standard InChI is InChI=1S/C32H40N2O/c1-26-10-8-9-15-30(26)27-16-21-33(22-17-27)23-18-32(29-13-6-3-7-14-29)19-24-34(25-20-32)31(35)28-11-4-2-5-12-28/h2-15,26-27,30H,16-25H2,1H3. The van der Waals surface area contributed by atoms with Crippen LogP contribution in [0.4, 0.5) is 0 Å². The summed E-state index contributed by atoms with van der Waals surface area (Å²) in [6.45, 7) is 7.64. The third kappa shape index (κ3) is 5.46. The van der Waals surface area contributed by atoms with Crippen molar-refractivity contribution in [3.63, 3.8) is 0 Å². The first-order chi connectivity index (χ1) is 17.1. The number of nitrogens with zero attached hydrogens (tertiary/aromatic N) is 2. The second-order valence-electron chi connectivity index (χ2n) is 10.9. The summed E-state index contributed by atoms with van der Waals surface area (Å²) in [6.07, 6.45) is 15.2. The third-order valence-corrected chi connectivity index (χ3v) is 8.96. The zero-order valence-electron chi connectivity index (χ0n) is 21.2. The summed E-state index contributed by atoms with van der Waals surface area (Å²) in [4.78, 5) is 17.8. The van der Waals surface area contributed by atoms with Gasteiger partial charge in [-0.1, -0.05) is 79.8 Å².